The van der Waals surface area contributed by atoms with Crippen LogP contribution in [0.25, 0.3) is 0 Å². The maximum Gasteiger partial charge on any atom is 0.328 e. The van der Waals surface area contributed by atoms with Crippen LogP contribution in [-0.2, 0) is 16.0 Å². The highest BCUT2D eigenvalue weighted by Crippen LogP contribution is 2.15. The molecule has 4 nitrogen and oxygen atoms in total. The number of methoxy groups -OCH3 is 1. The summed E-state index contributed by atoms with van der Waals surface area (Å²) in [5.41, 5.74) is 0.0369. The number of benzene rings is 2. The standard InChI is InChI=1S/C17H14F3NO3/c1-24-17(23)13(9-10-5-3-2-4-6-10)21-16(22)11-7-8-12(18)15(20)14(11)19/h2-8,13H,9H2,1H3,(H,21,22). The Morgan fingerprint density at radius 1 is 1.04 bits per heavy atom. The van der Waals surface area contributed by atoms with Crippen LogP contribution in [0.4, 0.5) is 13.2 Å². The summed E-state index contributed by atoms with van der Waals surface area (Å²) in [5, 5.41) is 2.28. The van der Waals surface area contributed by atoms with Crippen LogP contribution in [-0.4, -0.2) is 25.0 Å². The van der Waals surface area contributed by atoms with Gasteiger partial charge in [-0.15, -0.1) is 0 Å². The van der Waals surface area contributed by atoms with E-state index in [4.69, 9.17) is 0 Å². The monoisotopic (exact) mass is 337 g/mol. The van der Waals surface area contributed by atoms with Gasteiger partial charge in [-0.2, -0.15) is 0 Å². The zero-order valence-electron chi connectivity index (χ0n) is 12.7. The van der Waals surface area contributed by atoms with Crippen LogP contribution in [0.15, 0.2) is 42.5 Å². The van der Waals surface area contributed by atoms with Gasteiger partial charge in [0.1, 0.15) is 6.04 Å². The fraction of sp³-hybridized carbons (Fsp3) is 0.176. The van der Waals surface area contributed by atoms with Gasteiger partial charge in [-0.3, -0.25) is 4.79 Å². The lowest BCUT2D eigenvalue weighted by Gasteiger charge is -2.17. The number of halogens is 3. The number of amides is 1. The summed E-state index contributed by atoms with van der Waals surface area (Å²) in [6.07, 6.45) is 0.102. The molecule has 2 aromatic rings. The lowest BCUT2D eigenvalue weighted by Crippen LogP contribution is -2.43. The molecule has 0 saturated carbocycles. The maximum absolute atomic E-state index is 13.7. The van der Waals surface area contributed by atoms with Gasteiger partial charge in [0.15, 0.2) is 17.5 Å². The van der Waals surface area contributed by atoms with Crippen molar-refractivity contribution in [2.75, 3.05) is 7.11 Å². The second-order valence-electron chi connectivity index (χ2n) is 4.96. The van der Waals surface area contributed by atoms with Crippen LogP contribution in [0, 0.1) is 17.5 Å². The average molecular weight is 337 g/mol. The Hall–Kier alpha value is -2.83. The molecule has 1 unspecified atom stereocenters. The molecule has 0 heterocycles. The molecule has 0 saturated heterocycles. The Labute approximate surface area is 136 Å². The number of nitrogens with one attached hydrogen (secondary N) is 1. The van der Waals surface area contributed by atoms with Crippen LogP contribution in [0.2, 0.25) is 0 Å². The molecule has 0 aromatic heterocycles. The molecule has 0 aliphatic carbocycles. The molecule has 0 aliphatic heterocycles. The molecule has 126 valence electrons. The van der Waals surface area contributed by atoms with Crippen molar-refractivity contribution in [1.29, 1.82) is 0 Å². The Kier molecular flexibility index (Phi) is 5.57. The average Bonchev–Trinajstić information content (AvgIpc) is 2.59. The van der Waals surface area contributed by atoms with Gasteiger partial charge in [0.05, 0.1) is 12.7 Å². The van der Waals surface area contributed by atoms with Gasteiger partial charge in [0.2, 0.25) is 0 Å². The van der Waals surface area contributed by atoms with E-state index in [0.717, 1.165) is 18.7 Å². The van der Waals surface area contributed by atoms with E-state index in [-0.39, 0.29) is 6.42 Å². The molecule has 1 amide bonds. The first-order valence-electron chi connectivity index (χ1n) is 7.00. The SMILES string of the molecule is COC(=O)C(Cc1ccccc1)NC(=O)c1ccc(F)c(F)c1F. The quantitative estimate of drug-likeness (QED) is 0.674. The van der Waals surface area contributed by atoms with Gasteiger partial charge >= 0.3 is 5.97 Å². The van der Waals surface area contributed by atoms with Crippen molar-refractivity contribution in [2.45, 2.75) is 12.5 Å². The molecule has 1 atom stereocenters. The molecule has 0 fully saturated rings. The van der Waals surface area contributed by atoms with Crippen LogP contribution < -0.4 is 5.32 Å². The molecule has 2 aromatic carbocycles. The third-order valence-corrected chi connectivity index (χ3v) is 3.35. The number of rotatable bonds is 5. The van der Waals surface area contributed by atoms with Crippen LogP contribution in [0.3, 0.4) is 0 Å². The smallest absolute Gasteiger partial charge is 0.328 e. The molecule has 0 aliphatic rings. The Morgan fingerprint density at radius 2 is 1.71 bits per heavy atom. The number of hydrogen-bond donors (Lipinski definition) is 1. The van der Waals surface area contributed by atoms with Crippen molar-refractivity contribution in [3.05, 3.63) is 71.0 Å². The Morgan fingerprint density at radius 3 is 2.33 bits per heavy atom. The molecule has 7 heteroatoms. The Bertz CT molecular complexity index is 750. The van der Waals surface area contributed by atoms with Crippen molar-refractivity contribution < 1.29 is 27.5 Å². The van der Waals surface area contributed by atoms with E-state index in [9.17, 15) is 22.8 Å². The number of esters is 1. The fourth-order valence-electron chi connectivity index (χ4n) is 2.12. The van der Waals surface area contributed by atoms with Crippen LogP contribution in [0.5, 0.6) is 0 Å². The molecule has 0 bridgehead atoms. The minimum absolute atomic E-state index is 0.102. The molecule has 0 radical (unpaired) electrons. The van der Waals surface area contributed by atoms with E-state index in [2.05, 4.69) is 10.1 Å². The number of hydrogen-bond acceptors (Lipinski definition) is 3. The first-order valence-corrected chi connectivity index (χ1v) is 7.00. The van der Waals surface area contributed by atoms with Gasteiger partial charge < -0.3 is 10.1 Å². The third kappa shape index (κ3) is 3.92. The zero-order chi connectivity index (χ0) is 17.7. The van der Waals surface area contributed by atoms with Crippen molar-refractivity contribution >= 4 is 11.9 Å². The van der Waals surface area contributed by atoms with Crippen molar-refractivity contribution in [1.82, 2.24) is 5.32 Å². The largest absolute Gasteiger partial charge is 0.467 e. The van der Waals surface area contributed by atoms with E-state index < -0.39 is 40.9 Å². The lowest BCUT2D eigenvalue weighted by atomic mass is 10.1. The topological polar surface area (TPSA) is 55.4 Å². The molecule has 1 N–H and O–H groups in total. The number of ether oxygens (including phenoxy) is 1. The third-order valence-electron chi connectivity index (χ3n) is 3.35. The van der Waals surface area contributed by atoms with Gasteiger partial charge in [-0.1, -0.05) is 30.3 Å². The van der Waals surface area contributed by atoms with Crippen molar-refractivity contribution in [3.8, 4) is 0 Å². The number of carbonyl (C=O) groups excluding carboxylic acids is 2. The number of carbonyl (C=O) groups is 2. The first-order chi connectivity index (χ1) is 11.4. The predicted octanol–water partition coefficient (Wildman–Crippen LogP) is 2.62. The second-order valence-corrected chi connectivity index (χ2v) is 4.96. The highest BCUT2D eigenvalue weighted by atomic mass is 19.2. The van der Waals surface area contributed by atoms with E-state index in [1.165, 1.54) is 0 Å². The normalized spacial score (nSPS) is 11.7. The summed E-state index contributed by atoms with van der Waals surface area (Å²) in [7, 11) is 1.14. The van der Waals surface area contributed by atoms with E-state index in [1.807, 2.05) is 0 Å². The Balaban J connectivity index is 2.22. The highest BCUT2D eigenvalue weighted by molar-refractivity contribution is 5.97. The minimum Gasteiger partial charge on any atom is -0.467 e. The zero-order valence-corrected chi connectivity index (χ0v) is 12.7. The van der Waals surface area contributed by atoms with Crippen LogP contribution in [0.1, 0.15) is 15.9 Å². The minimum atomic E-state index is -1.75. The summed E-state index contributed by atoms with van der Waals surface area (Å²) in [6, 6.07) is 9.10. The van der Waals surface area contributed by atoms with E-state index in [1.54, 1.807) is 30.3 Å². The van der Waals surface area contributed by atoms with Gasteiger partial charge in [-0.25, -0.2) is 18.0 Å². The summed E-state index contributed by atoms with van der Waals surface area (Å²) < 4.78 is 44.5. The molecule has 0 spiro atoms. The van der Waals surface area contributed by atoms with Crippen LogP contribution >= 0.6 is 0 Å². The van der Waals surface area contributed by atoms with Gasteiger partial charge in [-0.05, 0) is 17.7 Å². The van der Waals surface area contributed by atoms with E-state index >= 15 is 0 Å². The summed E-state index contributed by atoms with van der Waals surface area (Å²) in [6.45, 7) is 0. The second kappa shape index (κ2) is 7.63. The molecule has 24 heavy (non-hydrogen) atoms. The maximum atomic E-state index is 13.7. The molecular weight excluding hydrogens is 323 g/mol. The molecular formula is C17H14F3NO3. The molecule has 2 rings (SSSR count). The fourth-order valence-corrected chi connectivity index (χ4v) is 2.12. The first kappa shape index (κ1) is 17.5. The van der Waals surface area contributed by atoms with Crippen molar-refractivity contribution in [2.24, 2.45) is 0 Å². The summed E-state index contributed by atoms with van der Waals surface area (Å²) >= 11 is 0. The van der Waals surface area contributed by atoms with Gasteiger partial charge in [0.25, 0.3) is 5.91 Å². The predicted molar refractivity (Wildman–Crippen MR) is 79.7 cm³/mol. The summed E-state index contributed by atoms with van der Waals surface area (Å²) in [4.78, 5) is 23.9. The van der Waals surface area contributed by atoms with Gasteiger partial charge in [0, 0.05) is 6.42 Å². The summed E-state index contributed by atoms with van der Waals surface area (Å²) in [5.74, 6) is -6.55. The highest BCUT2D eigenvalue weighted by Gasteiger charge is 2.25. The lowest BCUT2D eigenvalue weighted by molar-refractivity contribution is -0.142. The van der Waals surface area contributed by atoms with Crippen molar-refractivity contribution in [3.63, 3.8) is 0 Å². The van der Waals surface area contributed by atoms with E-state index in [0.29, 0.717) is 6.07 Å².